The Morgan fingerprint density at radius 1 is 1.08 bits per heavy atom. The minimum absolute atomic E-state index is 0.115. The largest absolute Gasteiger partial charge is 0.355 e. The van der Waals surface area contributed by atoms with Crippen LogP contribution in [0.5, 0.6) is 0 Å². The van der Waals surface area contributed by atoms with Crippen LogP contribution in [0.1, 0.15) is 24.5 Å². The van der Waals surface area contributed by atoms with Gasteiger partial charge < -0.3 is 9.80 Å². The van der Waals surface area contributed by atoms with Crippen LogP contribution in [0.4, 0.5) is 17.1 Å². The van der Waals surface area contributed by atoms with Crippen LogP contribution in [0.3, 0.4) is 0 Å². The predicted molar refractivity (Wildman–Crippen MR) is 143 cm³/mol. The highest BCUT2D eigenvalue weighted by Crippen LogP contribution is 2.48. The third-order valence-electron chi connectivity index (χ3n) is 6.51. The van der Waals surface area contributed by atoms with Crippen molar-refractivity contribution in [3.05, 3.63) is 107 Å². The maximum absolute atomic E-state index is 13.5. The summed E-state index contributed by atoms with van der Waals surface area (Å²) < 4.78 is 31.4. The standard InChI is InChI=1S/C27H28N4O4S/c1-5-19-27(30(6-2)21-13-11-20(3)12-14-21)24-9-7-8-10-25(24)29(4)26(27)28-36(34,35)23-17-15-22(16-18-23)31(32)33/h5,7-18H,1,6,19H2,2-4H3/b28-26-. The van der Waals surface area contributed by atoms with E-state index in [9.17, 15) is 18.5 Å². The average Bonchev–Trinajstić information content (AvgIpc) is 3.09. The molecule has 36 heavy (non-hydrogen) atoms. The molecule has 9 heteroatoms. The van der Waals surface area contributed by atoms with Crippen LogP contribution in [0.15, 0.2) is 94.7 Å². The zero-order valence-corrected chi connectivity index (χ0v) is 21.3. The van der Waals surface area contributed by atoms with Gasteiger partial charge in [0.05, 0.1) is 9.82 Å². The topological polar surface area (TPSA) is 96.1 Å². The molecule has 0 amide bonds. The van der Waals surface area contributed by atoms with Gasteiger partial charge in [-0.3, -0.25) is 10.1 Å². The highest BCUT2D eigenvalue weighted by molar-refractivity contribution is 7.90. The first-order valence-electron chi connectivity index (χ1n) is 11.5. The number of aryl methyl sites for hydroxylation is 1. The Morgan fingerprint density at radius 3 is 2.31 bits per heavy atom. The molecule has 1 aliphatic heterocycles. The lowest BCUT2D eigenvalue weighted by atomic mass is 9.84. The number of likely N-dealkylation sites (N-methyl/N-ethyl adjacent to an activating group) is 2. The zero-order chi connectivity index (χ0) is 26.1. The fourth-order valence-electron chi connectivity index (χ4n) is 4.85. The fourth-order valence-corrected chi connectivity index (χ4v) is 5.94. The summed E-state index contributed by atoms with van der Waals surface area (Å²) in [6, 6.07) is 20.6. The first kappa shape index (κ1) is 25.1. The highest BCUT2D eigenvalue weighted by Gasteiger charge is 2.51. The van der Waals surface area contributed by atoms with Gasteiger partial charge in [-0.1, -0.05) is 42.0 Å². The van der Waals surface area contributed by atoms with E-state index in [2.05, 4.69) is 15.9 Å². The Morgan fingerprint density at radius 2 is 1.72 bits per heavy atom. The van der Waals surface area contributed by atoms with Gasteiger partial charge in [0.25, 0.3) is 15.7 Å². The summed E-state index contributed by atoms with van der Waals surface area (Å²) in [6.45, 7) is 8.61. The molecular weight excluding hydrogens is 476 g/mol. The molecule has 3 aromatic rings. The monoisotopic (exact) mass is 504 g/mol. The van der Waals surface area contributed by atoms with Crippen molar-refractivity contribution in [3.63, 3.8) is 0 Å². The molecule has 0 aromatic heterocycles. The molecule has 1 aliphatic rings. The van der Waals surface area contributed by atoms with E-state index < -0.39 is 20.5 Å². The van der Waals surface area contributed by atoms with Crippen LogP contribution in [0.2, 0.25) is 0 Å². The molecular formula is C27H28N4O4S. The summed E-state index contributed by atoms with van der Waals surface area (Å²) in [5, 5.41) is 11.0. The van der Waals surface area contributed by atoms with Crippen molar-refractivity contribution in [1.29, 1.82) is 0 Å². The van der Waals surface area contributed by atoms with Crippen molar-refractivity contribution in [2.75, 3.05) is 23.4 Å². The van der Waals surface area contributed by atoms with Crippen molar-refractivity contribution >= 4 is 32.9 Å². The van der Waals surface area contributed by atoms with Gasteiger partial charge >= 0.3 is 0 Å². The molecule has 0 N–H and O–H groups in total. The number of nitro benzene ring substituents is 1. The predicted octanol–water partition coefficient (Wildman–Crippen LogP) is 5.44. The van der Waals surface area contributed by atoms with E-state index in [1.807, 2.05) is 62.4 Å². The first-order chi connectivity index (χ1) is 17.2. The SMILES string of the molecule is C=CCC1(N(CC)c2ccc(C)cc2)/C(=N/S(=O)(=O)c2ccc([N+](=O)[O-])cc2)N(C)c2ccccc21. The second-order valence-corrected chi connectivity index (χ2v) is 10.3. The van der Waals surface area contributed by atoms with Crippen LogP contribution in [-0.2, 0) is 15.6 Å². The summed E-state index contributed by atoms with van der Waals surface area (Å²) >= 11 is 0. The number of rotatable bonds is 8. The van der Waals surface area contributed by atoms with Gasteiger partial charge in [0.2, 0.25) is 0 Å². The lowest BCUT2D eigenvalue weighted by Crippen LogP contribution is -2.53. The number of hydrogen-bond acceptors (Lipinski definition) is 5. The van der Waals surface area contributed by atoms with Gasteiger partial charge in [0, 0.05) is 42.7 Å². The number of sulfonamides is 1. The minimum Gasteiger partial charge on any atom is -0.355 e. The van der Waals surface area contributed by atoms with Crippen LogP contribution in [0, 0.1) is 17.0 Å². The number of non-ortho nitro benzene ring substituents is 1. The number of nitrogens with zero attached hydrogens (tertiary/aromatic N) is 4. The molecule has 0 spiro atoms. The maximum atomic E-state index is 13.5. The number of amidine groups is 1. The maximum Gasteiger partial charge on any atom is 0.284 e. The van der Waals surface area contributed by atoms with Gasteiger partial charge in [-0.2, -0.15) is 8.42 Å². The van der Waals surface area contributed by atoms with Gasteiger partial charge in [-0.15, -0.1) is 11.0 Å². The fraction of sp³-hybridized carbons (Fsp3) is 0.222. The zero-order valence-electron chi connectivity index (χ0n) is 20.5. The lowest BCUT2D eigenvalue weighted by Gasteiger charge is -2.43. The number of fused-ring (bicyclic) bond motifs is 1. The Bertz CT molecular complexity index is 1430. The van der Waals surface area contributed by atoms with Crippen molar-refractivity contribution < 1.29 is 13.3 Å². The van der Waals surface area contributed by atoms with Gasteiger partial charge in [-0.25, -0.2) is 0 Å². The molecule has 186 valence electrons. The first-order valence-corrected chi connectivity index (χ1v) is 13.0. The molecule has 0 aliphatic carbocycles. The molecule has 1 heterocycles. The molecule has 1 atom stereocenters. The average molecular weight is 505 g/mol. The third kappa shape index (κ3) is 4.15. The van der Waals surface area contributed by atoms with Crippen molar-refractivity contribution in [2.24, 2.45) is 4.40 Å². The van der Waals surface area contributed by atoms with Crippen LogP contribution in [0.25, 0.3) is 0 Å². The molecule has 8 nitrogen and oxygen atoms in total. The summed E-state index contributed by atoms with van der Waals surface area (Å²) in [4.78, 5) is 14.3. The van der Waals surface area contributed by atoms with Crippen molar-refractivity contribution in [1.82, 2.24) is 0 Å². The summed E-state index contributed by atoms with van der Waals surface area (Å²) in [5.74, 6) is 0.337. The Hall–Kier alpha value is -3.98. The summed E-state index contributed by atoms with van der Waals surface area (Å²) in [7, 11) is -2.39. The highest BCUT2D eigenvalue weighted by atomic mass is 32.2. The third-order valence-corrected chi connectivity index (χ3v) is 7.79. The van der Waals surface area contributed by atoms with Crippen LogP contribution in [-0.4, -0.2) is 32.8 Å². The molecule has 0 radical (unpaired) electrons. The lowest BCUT2D eigenvalue weighted by molar-refractivity contribution is -0.384. The van der Waals surface area contributed by atoms with Crippen molar-refractivity contribution in [3.8, 4) is 0 Å². The number of hydrogen-bond donors (Lipinski definition) is 0. The molecule has 4 rings (SSSR count). The summed E-state index contributed by atoms with van der Waals surface area (Å²) in [6.07, 6.45) is 2.19. The van der Waals surface area contributed by atoms with E-state index in [4.69, 9.17) is 0 Å². The molecule has 3 aromatic carbocycles. The van der Waals surface area contributed by atoms with E-state index >= 15 is 0 Å². The molecule has 0 bridgehead atoms. The van der Waals surface area contributed by atoms with Crippen molar-refractivity contribution in [2.45, 2.75) is 30.7 Å². The van der Waals surface area contributed by atoms with Gasteiger partial charge in [0.15, 0.2) is 5.84 Å². The Balaban J connectivity index is 1.97. The Kier molecular flexibility index (Phi) is 6.69. The number of nitro groups is 1. The van der Waals surface area contributed by atoms with E-state index in [-0.39, 0.29) is 10.6 Å². The number of benzene rings is 3. The van der Waals surface area contributed by atoms with E-state index in [0.29, 0.717) is 18.8 Å². The Labute approximate surface area is 211 Å². The smallest absolute Gasteiger partial charge is 0.284 e. The van der Waals surface area contributed by atoms with Gasteiger partial charge in [-0.05, 0) is 50.6 Å². The normalized spacial score (nSPS) is 18.2. The molecule has 0 fully saturated rings. The molecule has 1 unspecified atom stereocenters. The number of para-hydroxylation sites is 1. The minimum atomic E-state index is -4.19. The molecule has 0 saturated heterocycles. The summed E-state index contributed by atoms with van der Waals surface area (Å²) in [5.41, 5.74) is 2.69. The molecule has 0 saturated carbocycles. The van der Waals surface area contributed by atoms with E-state index in [1.54, 1.807) is 18.0 Å². The van der Waals surface area contributed by atoms with E-state index in [0.717, 1.165) is 22.5 Å². The number of anilines is 2. The van der Waals surface area contributed by atoms with E-state index in [1.165, 1.54) is 24.3 Å². The second kappa shape index (κ2) is 9.58. The van der Waals surface area contributed by atoms with Crippen LogP contribution < -0.4 is 9.80 Å². The second-order valence-electron chi connectivity index (χ2n) is 8.65. The quantitative estimate of drug-likeness (QED) is 0.230. The van der Waals surface area contributed by atoms with Crippen LogP contribution >= 0.6 is 0 Å². The van der Waals surface area contributed by atoms with Gasteiger partial charge in [0.1, 0.15) is 5.54 Å².